The van der Waals surface area contributed by atoms with E-state index in [1.165, 1.54) is 62.5 Å². The summed E-state index contributed by atoms with van der Waals surface area (Å²) in [6.07, 6.45) is 15.8. The summed E-state index contributed by atoms with van der Waals surface area (Å²) >= 11 is 0. The summed E-state index contributed by atoms with van der Waals surface area (Å²) in [6.45, 7) is 20.5. The second kappa shape index (κ2) is 16.4. The minimum Gasteiger partial charge on any atom is -0.497 e. The molecule has 6 aliphatic rings. The maximum Gasteiger partial charge on any atom is 0.159 e. The van der Waals surface area contributed by atoms with E-state index in [1.807, 2.05) is 12.1 Å². The first-order valence-corrected chi connectivity index (χ1v) is 21.1. The lowest BCUT2D eigenvalue weighted by Gasteiger charge is -2.67. The van der Waals surface area contributed by atoms with Crippen molar-refractivity contribution in [1.29, 1.82) is 0 Å². The number of ether oxygens (including phenoxy) is 1. The summed E-state index contributed by atoms with van der Waals surface area (Å²) in [5, 5.41) is 10.8. The van der Waals surface area contributed by atoms with Crippen molar-refractivity contribution in [3.05, 3.63) is 53.6 Å². The summed E-state index contributed by atoms with van der Waals surface area (Å²) in [6, 6.07) is 8.36. The summed E-state index contributed by atoms with van der Waals surface area (Å²) in [5.74, 6) is 7.33. The number of rotatable bonds is 11. The number of carbonyl (C=O) groups excluding carboxylic acids is 2. The number of ketones is 2. The molecule has 0 amide bonds. The molecule has 0 bridgehead atoms. The Hall–Kier alpha value is -2.31. The topological polar surface area (TPSA) is 75.6 Å². The molecule has 0 aliphatic heterocycles. The van der Waals surface area contributed by atoms with Gasteiger partial charge in [-0.3, -0.25) is 14.3 Å². The second-order valence-electron chi connectivity index (χ2n) is 19.1. The van der Waals surface area contributed by atoms with Crippen LogP contribution in [0.2, 0.25) is 0 Å². The van der Waals surface area contributed by atoms with Crippen LogP contribution in [0.4, 0.5) is 4.70 Å². The van der Waals surface area contributed by atoms with Crippen LogP contribution in [0.3, 0.4) is 0 Å². The van der Waals surface area contributed by atoms with Crippen LogP contribution in [0.15, 0.2) is 48.1 Å². The molecule has 1 aromatic carbocycles. The predicted molar refractivity (Wildman–Crippen MR) is 214 cm³/mol. The molecule has 53 heavy (non-hydrogen) atoms. The molecule has 0 heterocycles. The minimum absolute atomic E-state index is 0. The van der Waals surface area contributed by atoms with Gasteiger partial charge in [0.2, 0.25) is 0 Å². The Morgan fingerprint density at radius 2 is 1.64 bits per heavy atom. The zero-order valence-electron chi connectivity index (χ0n) is 34.3. The summed E-state index contributed by atoms with van der Waals surface area (Å²) in [4.78, 5) is 27.4. The fourth-order valence-electron chi connectivity index (χ4n) is 14.0. The number of aliphatic hydroxyl groups excluding tert-OH is 1. The zero-order chi connectivity index (χ0) is 37.6. The molecule has 6 aliphatic carbocycles. The fourth-order valence-corrected chi connectivity index (χ4v) is 14.0. The van der Waals surface area contributed by atoms with Crippen LogP contribution in [0.5, 0.6) is 5.75 Å². The van der Waals surface area contributed by atoms with Gasteiger partial charge in [0.25, 0.3) is 0 Å². The van der Waals surface area contributed by atoms with Crippen molar-refractivity contribution in [2.45, 2.75) is 125 Å². The lowest BCUT2D eigenvalue weighted by atomic mass is 9.37. The SMILES string of the molecule is C=CC1CC(C(=O)CC2CCC3(C)C(CCC4(C)C5CCC6(CCNCc7ccc(OC)cc7)CC(=O)C(C(C)C)=C6C5CCC43)C2C)C1C.CO.F. The van der Waals surface area contributed by atoms with E-state index in [4.69, 9.17) is 9.84 Å². The number of halogens is 1. The van der Waals surface area contributed by atoms with Crippen molar-refractivity contribution in [2.75, 3.05) is 20.8 Å². The summed E-state index contributed by atoms with van der Waals surface area (Å²) < 4.78 is 5.35. The summed E-state index contributed by atoms with van der Waals surface area (Å²) in [5.41, 5.74) is 4.83. The molecule has 12 unspecified atom stereocenters. The van der Waals surface area contributed by atoms with E-state index >= 15 is 0 Å². The van der Waals surface area contributed by atoms with Crippen molar-refractivity contribution in [2.24, 2.45) is 75.4 Å². The van der Waals surface area contributed by atoms with Gasteiger partial charge in [0.15, 0.2) is 5.78 Å². The van der Waals surface area contributed by atoms with Crippen molar-refractivity contribution < 1.29 is 24.1 Å². The number of allylic oxidation sites excluding steroid dienone is 3. The maximum atomic E-state index is 13.9. The standard InChI is InChI=1S/C46H67NO3.CH4O.FH/c1-9-32-24-36(29(32)4)39(48)25-33-16-19-44(6)37(30(33)5)17-20-45(7)38-18-21-46(22-23-47-27-31-10-12-34(50-8)13-11-31)26-40(49)42(28(2)3)43(46)35(38)14-15-41(44)45;1-2;/h9-13,28-30,32-33,35-38,41,47H,1,14-27H2,2-8H3;2H,1H3;1H. The third-order valence-corrected chi connectivity index (χ3v) is 16.8. The highest BCUT2D eigenvalue weighted by Crippen LogP contribution is 2.72. The second-order valence-corrected chi connectivity index (χ2v) is 19.1. The zero-order valence-corrected chi connectivity index (χ0v) is 34.3. The highest BCUT2D eigenvalue weighted by Gasteiger charge is 2.64. The first kappa shape index (κ1) is 41.8. The number of nitrogens with one attached hydrogen (secondary N) is 1. The van der Waals surface area contributed by atoms with Gasteiger partial charge >= 0.3 is 0 Å². The number of hydrogen-bond donors (Lipinski definition) is 2. The molecule has 0 radical (unpaired) electrons. The Labute approximate surface area is 320 Å². The Kier molecular flexibility index (Phi) is 13.0. The molecule has 1 aromatic rings. The number of benzene rings is 1. The molecule has 12 atom stereocenters. The molecule has 6 heteroatoms. The molecular formula is C47H72FNO4. The number of aliphatic hydroxyl groups is 1. The maximum absolute atomic E-state index is 13.9. The van der Waals surface area contributed by atoms with Crippen molar-refractivity contribution in [3.63, 3.8) is 0 Å². The Balaban J connectivity index is 0.00000178. The van der Waals surface area contributed by atoms with Gasteiger partial charge < -0.3 is 15.2 Å². The van der Waals surface area contributed by atoms with Gasteiger partial charge in [0.1, 0.15) is 11.5 Å². The third-order valence-electron chi connectivity index (χ3n) is 16.8. The van der Waals surface area contributed by atoms with Gasteiger partial charge in [0.05, 0.1) is 7.11 Å². The lowest BCUT2D eigenvalue weighted by Crippen LogP contribution is -2.60. The van der Waals surface area contributed by atoms with Crippen LogP contribution >= 0.6 is 0 Å². The Morgan fingerprint density at radius 1 is 0.981 bits per heavy atom. The summed E-state index contributed by atoms with van der Waals surface area (Å²) in [7, 11) is 2.71. The van der Waals surface area contributed by atoms with Crippen LogP contribution < -0.4 is 10.1 Å². The highest BCUT2D eigenvalue weighted by atomic mass is 19.0. The molecule has 5 saturated carbocycles. The number of methoxy groups -OCH3 is 1. The molecule has 0 aromatic heterocycles. The molecule has 7 rings (SSSR count). The van der Waals surface area contributed by atoms with E-state index in [-0.39, 0.29) is 16.0 Å². The lowest BCUT2D eigenvalue weighted by molar-refractivity contribution is -0.172. The molecule has 0 spiro atoms. The molecule has 2 N–H and O–H groups in total. The largest absolute Gasteiger partial charge is 0.497 e. The average molecular weight is 734 g/mol. The minimum atomic E-state index is 0. The molecular weight excluding hydrogens is 662 g/mol. The van der Waals surface area contributed by atoms with Gasteiger partial charge in [-0.05, 0) is 158 Å². The van der Waals surface area contributed by atoms with Gasteiger partial charge in [-0.15, -0.1) is 6.58 Å². The van der Waals surface area contributed by atoms with Crippen molar-refractivity contribution in [1.82, 2.24) is 5.32 Å². The predicted octanol–water partition coefficient (Wildman–Crippen LogP) is 10.2. The first-order chi connectivity index (χ1) is 24.9. The van der Waals surface area contributed by atoms with E-state index in [2.05, 4.69) is 71.6 Å². The van der Waals surface area contributed by atoms with Gasteiger partial charge in [-0.25, -0.2) is 0 Å². The van der Waals surface area contributed by atoms with E-state index in [1.54, 1.807) is 12.7 Å². The van der Waals surface area contributed by atoms with E-state index < -0.39 is 0 Å². The molecule has 5 nitrogen and oxygen atoms in total. The van der Waals surface area contributed by atoms with Crippen molar-refractivity contribution >= 4 is 11.6 Å². The number of carbonyl (C=O) groups is 2. The Bertz CT molecular complexity index is 1500. The quantitative estimate of drug-likeness (QED) is 0.175. The van der Waals surface area contributed by atoms with Crippen LogP contribution in [-0.2, 0) is 16.1 Å². The van der Waals surface area contributed by atoms with Crippen LogP contribution in [0.25, 0.3) is 0 Å². The highest BCUT2D eigenvalue weighted by molar-refractivity contribution is 6.00. The third kappa shape index (κ3) is 7.15. The van der Waals surface area contributed by atoms with Gasteiger partial charge in [-0.2, -0.15) is 0 Å². The molecule has 296 valence electrons. The smallest absolute Gasteiger partial charge is 0.159 e. The fraction of sp³-hybridized carbons (Fsp3) is 0.745. The van der Waals surface area contributed by atoms with E-state index in [0.29, 0.717) is 63.8 Å². The first-order valence-electron chi connectivity index (χ1n) is 21.1. The normalized spacial score (nSPS) is 40.0. The number of fused-ring (bicyclic) bond motifs is 7. The number of Topliss-reactive ketones (excluding diaryl/α,β-unsaturated/α-hetero) is 2. The van der Waals surface area contributed by atoms with E-state index in [0.717, 1.165) is 63.5 Å². The van der Waals surface area contributed by atoms with Crippen molar-refractivity contribution in [3.8, 4) is 5.75 Å². The number of hydrogen-bond acceptors (Lipinski definition) is 5. The van der Waals surface area contributed by atoms with Gasteiger partial charge in [0, 0.05) is 37.8 Å². The molecule has 5 fully saturated rings. The van der Waals surface area contributed by atoms with Crippen LogP contribution in [0, 0.1) is 75.4 Å². The average Bonchev–Trinajstić information content (AvgIpc) is 3.44. The monoisotopic (exact) mass is 734 g/mol. The van der Waals surface area contributed by atoms with Gasteiger partial charge in [-0.1, -0.05) is 65.3 Å². The Morgan fingerprint density at radius 3 is 2.28 bits per heavy atom. The van der Waals surface area contributed by atoms with Crippen LogP contribution in [0.1, 0.15) is 124 Å². The van der Waals surface area contributed by atoms with Crippen LogP contribution in [-0.4, -0.2) is 37.4 Å². The molecule has 0 saturated heterocycles. The van der Waals surface area contributed by atoms with E-state index in [9.17, 15) is 9.59 Å².